The molecule has 0 aliphatic rings. The largest absolute Gasteiger partial charge is 0.573 e. The summed E-state index contributed by atoms with van der Waals surface area (Å²) in [6, 6.07) is 10.1. The highest BCUT2D eigenvalue weighted by atomic mass is 19.4. The fraction of sp³-hybridized carbons (Fsp3) is 0.167. The minimum absolute atomic E-state index is 0.171. The van der Waals surface area contributed by atoms with Crippen molar-refractivity contribution in [3.8, 4) is 17.2 Å². The Morgan fingerprint density at radius 1 is 1.00 bits per heavy atom. The van der Waals surface area contributed by atoms with Gasteiger partial charge in [0.15, 0.2) is 0 Å². The highest BCUT2D eigenvalue weighted by Crippen LogP contribution is 2.25. The third kappa shape index (κ3) is 6.04. The first-order chi connectivity index (χ1) is 12.3. The number of methoxy groups -OCH3 is 2. The second-order valence-electron chi connectivity index (χ2n) is 5.04. The zero-order valence-electron chi connectivity index (χ0n) is 14.0. The highest BCUT2D eigenvalue weighted by Gasteiger charge is 2.31. The van der Waals surface area contributed by atoms with E-state index in [0.717, 1.165) is 12.1 Å². The van der Waals surface area contributed by atoms with Gasteiger partial charge in [-0.15, -0.1) is 13.2 Å². The van der Waals surface area contributed by atoms with Crippen molar-refractivity contribution in [3.63, 3.8) is 0 Å². The van der Waals surface area contributed by atoms with E-state index in [1.165, 1.54) is 38.5 Å². The maximum Gasteiger partial charge on any atom is 0.573 e. The minimum Gasteiger partial charge on any atom is -0.497 e. The first kappa shape index (κ1) is 19.2. The lowest BCUT2D eigenvalue weighted by Crippen LogP contribution is -2.17. The van der Waals surface area contributed by atoms with Crippen LogP contribution >= 0.6 is 0 Å². The van der Waals surface area contributed by atoms with E-state index < -0.39 is 18.0 Å². The van der Waals surface area contributed by atoms with Gasteiger partial charge < -0.3 is 19.5 Å². The van der Waals surface area contributed by atoms with Gasteiger partial charge in [-0.2, -0.15) is 0 Å². The number of rotatable bonds is 6. The van der Waals surface area contributed by atoms with E-state index in [1.807, 2.05) is 0 Å². The van der Waals surface area contributed by atoms with Crippen molar-refractivity contribution >= 4 is 17.7 Å². The summed E-state index contributed by atoms with van der Waals surface area (Å²) in [6.45, 7) is 0. The monoisotopic (exact) mass is 367 g/mol. The summed E-state index contributed by atoms with van der Waals surface area (Å²) in [6.07, 6.45) is -2.03. The average molecular weight is 367 g/mol. The van der Waals surface area contributed by atoms with E-state index in [-0.39, 0.29) is 5.69 Å². The first-order valence-corrected chi connectivity index (χ1v) is 7.37. The van der Waals surface area contributed by atoms with E-state index in [4.69, 9.17) is 9.47 Å². The third-order valence-corrected chi connectivity index (χ3v) is 3.14. The molecule has 0 aliphatic heterocycles. The standard InChI is InChI=1S/C18H16F3NO4/c1-24-15-8-12(9-16(11-15)25-2)6-7-17(23)22-13-4-3-5-14(10-13)26-18(19,20)21/h3-11H,1-2H3,(H,22,23)/b7-6+. The second kappa shape index (κ2) is 8.28. The molecule has 1 N–H and O–H groups in total. The summed E-state index contributed by atoms with van der Waals surface area (Å²) in [5, 5.41) is 2.46. The van der Waals surface area contributed by atoms with Crippen LogP contribution in [0.1, 0.15) is 5.56 Å². The summed E-state index contributed by atoms with van der Waals surface area (Å²) in [5.74, 6) is 0.176. The van der Waals surface area contributed by atoms with Crippen LogP contribution < -0.4 is 19.5 Å². The molecular formula is C18H16F3NO4. The Bertz CT molecular complexity index is 781. The van der Waals surface area contributed by atoms with Crippen LogP contribution in [0.4, 0.5) is 18.9 Å². The molecule has 0 bridgehead atoms. The summed E-state index contributed by atoms with van der Waals surface area (Å²) < 4.78 is 50.8. The Morgan fingerprint density at radius 2 is 1.65 bits per heavy atom. The fourth-order valence-electron chi connectivity index (χ4n) is 2.05. The van der Waals surface area contributed by atoms with Crippen molar-refractivity contribution in [1.82, 2.24) is 0 Å². The molecule has 2 rings (SSSR count). The van der Waals surface area contributed by atoms with E-state index in [0.29, 0.717) is 17.1 Å². The normalized spacial score (nSPS) is 11.3. The molecule has 0 fully saturated rings. The molecule has 0 aliphatic carbocycles. The summed E-state index contributed by atoms with van der Waals surface area (Å²) in [5.41, 5.74) is 0.829. The molecule has 0 atom stereocenters. The SMILES string of the molecule is COc1cc(/C=C/C(=O)Nc2cccc(OC(F)(F)F)c2)cc(OC)c1. The van der Waals surface area contributed by atoms with Gasteiger partial charge in [-0.25, -0.2) is 0 Å². The Balaban J connectivity index is 2.07. The molecule has 0 saturated carbocycles. The van der Waals surface area contributed by atoms with Crippen molar-refractivity contribution in [2.45, 2.75) is 6.36 Å². The van der Waals surface area contributed by atoms with Gasteiger partial charge in [-0.3, -0.25) is 4.79 Å². The van der Waals surface area contributed by atoms with Crippen molar-refractivity contribution in [1.29, 1.82) is 0 Å². The molecule has 5 nitrogen and oxygen atoms in total. The maximum absolute atomic E-state index is 12.2. The molecule has 26 heavy (non-hydrogen) atoms. The molecule has 0 unspecified atom stereocenters. The summed E-state index contributed by atoms with van der Waals surface area (Å²) in [4.78, 5) is 12.0. The molecule has 0 radical (unpaired) electrons. The molecular weight excluding hydrogens is 351 g/mol. The Kier molecular flexibility index (Phi) is 6.11. The number of ether oxygens (including phenoxy) is 3. The van der Waals surface area contributed by atoms with Crippen LogP contribution in [-0.4, -0.2) is 26.5 Å². The molecule has 1 amide bonds. The van der Waals surface area contributed by atoms with E-state index in [1.54, 1.807) is 18.2 Å². The first-order valence-electron chi connectivity index (χ1n) is 7.37. The number of hydrogen-bond donors (Lipinski definition) is 1. The van der Waals surface area contributed by atoms with Gasteiger partial charge in [-0.05, 0) is 35.9 Å². The Labute approximate surface area is 148 Å². The number of amides is 1. The lowest BCUT2D eigenvalue weighted by molar-refractivity contribution is -0.274. The lowest BCUT2D eigenvalue weighted by atomic mass is 10.2. The number of anilines is 1. The lowest BCUT2D eigenvalue weighted by Gasteiger charge is -2.10. The van der Waals surface area contributed by atoms with Crippen molar-refractivity contribution < 1.29 is 32.2 Å². The van der Waals surface area contributed by atoms with Crippen molar-refractivity contribution in [2.24, 2.45) is 0 Å². The number of benzene rings is 2. The van der Waals surface area contributed by atoms with E-state index in [9.17, 15) is 18.0 Å². The minimum atomic E-state index is -4.80. The average Bonchev–Trinajstić information content (AvgIpc) is 2.58. The van der Waals surface area contributed by atoms with Crippen LogP contribution in [0, 0.1) is 0 Å². The number of hydrogen-bond acceptors (Lipinski definition) is 4. The van der Waals surface area contributed by atoms with Gasteiger partial charge >= 0.3 is 6.36 Å². The van der Waals surface area contributed by atoms with Crippen molar-refractivity contribution in [3.05, 3.63) is 54.1 Å². The van der Waals surface area contributed by atoms with Crippen LogP contribution in [0.5, 0.6) is 17.2 Å². The van der Waals surface area contributed by atoms with Gasteiger partial charge in [0.25, 0.3) is 0 Å². The number of nitrogens with one attached hydrogen (secondary N) is 1. The number of alkyl halides is 3. The molecule has 2 aromatic carbocycles. The highest BCUT2D eigenvalue weighted by molar-refractivity contribution is 6.02. The number of halogens is 3. The van der Waals surface area contributed by atoms with Gasteiger partial charge in [0, 0.05) is 23.9 Å². The maximum atomic E-state index is 12.2. The third-order valence-electron chi connectivity index (χ3n) is 3.14. The zero-order valence-corrected chi connectivity index (χ0v) is 14.0. The van der Waals surface area contributed by atoms with Crippen LogP contribution in [-0.2, 0) is 4.79 Å². The molecule has 0 aromatic heterocycles. The predicted molar refractivity (Wildman–Crippen MR) is 90.3 cm³/mol. The van der Waals surface area contributed by atoms with Gasteiger partial charge in [-0.1, -0.05) is 6.07 Å². The van der Waals surface area contributed by atoms with Gasteiger partial charge in [0.1, 0.15) is 17.2 Å². The van der Waals surface area contributed by atoms with Crippen LogP contribution in [0.15, 0.2) is 48.5 Å². The predicted octanol–water partition coefficient (Wildman–Crippen LogP) is 4.25. The quantitative estimate of drug-likeness (QED) is 0.776. The van der Waals surface area contributed by atoms with Crippen molar-refractivity contribution in [2.75, 3.05) is 19.5 Å². The molecule has 0 heterocycles. The second-order valence-corrected chi connectivity index (χ2v) is 5.04. The number of carbonyl (C=O) groups is 1. The van der Waals surface area contributed by atoms with Gasteiger partial charge in [0.2, 0.25) is 5.91 Å². The number of carbonyl (C=O) groups excluding carboxylic acids is 1. The Hall–Kier alpha value is -3.16. The topological polar surface area (TPSA) is 56.8 Å². The molecule has 2 aromatic rings. The van der Waals surface area contributed by atoms with E-state index >= 15 is 0 Å². The van der Waals surface area contributed by atoms with Crippen LogP contribution in [0.3, 0.4) is 0 Å². The molecule has 0 spiro atoms. The van der Waals surface area contributed by atoms with E-state index in [2.05, 4.69) is 10.1 Å². The summed E-state index contributed by atoms with van der Waals surface area (Å²) in [7, 11) is 3.01. The molecule has 138 valence electrons. The zero-order chi connectivity index (χ0) is 19.2. The molecule has 0 saturated heterocycles. The Morgan fingerprint density at radius 3 is 2.23 bits per heavy atom. The summed E-state index contributed by atoms with van der Waals surface area (Å²) >= 11 is 0. The van der Waals surface area contributed by atoms with Crippen LogP contribution in [0.25, 0.3) is 6.08 Å². The van der Waals surface area contributed by atoms with Crippen LogP contribution in [0.2, 0.25) is 0 Å². The fourth-order valence-corrected chi connectivity index (χ4v) is 2.05. The smallest absolute Gasteiger partial charge is 0.497 e. The van der Waals surface area contributed by atoms with Gasteiger partial charge in [0.05, 0.1) is 14.2 Å². The molecule has 8 heteroatoms.